The standard InChI is InChI=1S/C30H55O5P/c1-11-15-17-23(13-3)21-33-36(32,34-22-24(14-4)18-16-12-2)35-25-19-26(29(5,6)7)28(31)27(20-25)30(8,9)10/h19-20,23-24,31H,11-18,21-22H2,1-10H3. The molecule has 6 heteroatoms. The summed E-state index contributed by atoms with van der Waals surface area (Å²) in [5.74, 6) is 1.29. The van der Waals surface area contributed by atoms with Crippen LogP contribution in [0.15, 0.2) is 12.1 Å². The van der Waals surface area contributed by atoms with Crippen LogP contribution in [0.25, 0.3) is 0 Å². The molecule has 5 nitrogen and oxygen atoms in total. The molecule has 0 heterocycles. The van der Waals surface area contributed by atoms with Gasteiger partial charge in [0.2, 0.25) is 0 Å². The number of benzene rings is 1. The average Bonchev–Trinajstić information content (AvgIpc) is 2.79. The Labute approximate surface area is 222 Å². The van der Waals surface area contributed by atoms with Gasteiger partial charge in [-0.15, -0.1) is 0 Å². The Morgan fingerprint density at radius 3 is 1.47 bits per heavy atom. The zero-order chi connectivity index (χ0) is 27.6. The van der Waals surface area contributed by atoms with Crippen LogP contribution in [0.1, 0.15) is 132 Å². The van der Waals surface area contributed by atoms with Crippen LogP contribution in [0.5, 0.6) is 11.5 Å². The van der Waals surface area contributed by atoms with E-state index >= 15 is 0 Å². The van der Waals surface area contributed by atoms with E-state index in [0.29, 0.717) is 30.8 Å². The zero-order valence-electron chi connectivity index (χ0n) is 24.9. The fourth-order valence-electron chi connectivity index (χ4n) is 4.21. The molecule has 0 spiro atoms. The van der Waals surface area contributed by atoms with Crippen molar-refractivity contribution in [2.24, 2.45) is 11.8 Å². The van der Waals surface area contributed by atoms with Gasteiger partial charge in [-0.1, -0.05) is 108 Å². The molecule has 1 rings (SSSR count). The molecular weight excluding hydrogens is 471 g/mol. The molecule has 0 radical (unpaired) electrons. The Morgan fingerprint density at radius 2 is 1.17 bits per heavy atom. The van der Waals surface area contributed by atoms with Crippen molar-refractivity contribution in [1.82, 2.24) is 0 Å². The van der Waals surface area contributed by atoms with Crippen molar-refractivity contribution in [2.75, 3.05) is 13.2 Å². The first-order chi connectivity index (χ1) is 16.7. The highest BCUT2D eigenvalue weighted by Crippen LogP contribution is 2.52. The van der Waals surface area contributed by atoms with Gasteiger partial charge in [0.1, 0.15) is 11.5 Å². The van der Waals surface area contributed by atoms with E-state index in [1.807, 2.05) is 41.5 Å². The van der Waals surface area contributed by atoms with Crippen molar-refractivity contribution in [3.8, 4) is 11.5 Å². The molecule has 2 atom stereocenters. The second kappa shape index (κ2) is 14.8. The van der Waals surface area contributed by atoms with E-state index in [4.69, 9.17) is 13.6 Å². The highest BCUT2D eigenvalue weighted by molar-refractivity contribution is 7.48. The molecule has 1 aromatic carbocycles. The molecule has 0 aromatic heterocycles. The van der Waals surface area contributed by atoms with Gasteiger partial charge in [-0.2, -0.15) is 0 Å². The summed E-state index contributed by atoms with van der Waals surface area (Å²) in [5, 5.41) is 11.1. The minimum Gasteiger partial charge on any atom is -0.507 e. The van der Waals surface area contributed by atoms with Crippen LogP contribution in [0.3, 0.4) is 0 Å². The topological polar surface area (TPSA) is 65.0 Å². The molecule has 0 bridgehead atoms. The molecule has 0 saturated carbocycles. The summed E-state index contributed by atoms with van der Waals surface area (Å²) in [6.45, 7) is 21.6. The summed E-state index contributed by atoms with van der Waals surface area (Å²) in [5.41, 5.74) is 0.854. The van der Waals surface area contributed by atoms with E-state index in [0.717, 1.165) is 62.5 Å². The molecule has 36 heavy (non-hydrogen) atoms. The Morgan fingerprint density at radius 1 is 0.778 bits per heavy atom. The molecule has 1 N–H and O–H groups in total. The number of hydrogen-bond acceptors (Lipinski definition) is 5. The second-order valence-corrected chi connectivity index (χ2v) is 13.9. The molecule has 0 fully saturated rings. The second-order valence-electron chi connectivity index (χ2n) is 12.3. The van der Waals surface area contributed by atoms with Crippen molar-refractivity contribution in [3.05, 3.63) is 23.3 Å². The highest BCUT2D eigenvalue weighted by Gasteiger charge is 2.33. The Bertz CT molecular complexity index is 763. The zero-order valence-corrected chi connectivity index (χ0v) is 25.8. The summed E-state index contributed by atoms with van der Waals surface area (Å²) < 4.78 is 32.2. The Hall–Kier alpha value is -1.03. The van der Waals surface area contributed by atoms with E-state index < -0.39 is 7.82 Å². The third-order valence-electron chi connectivity index (χ3n) is 6.94. The SMILES string of the molecule is CCCCC(CC)COP(=O)(OCC(CC)CCCC)Oc1cc(C(C)(C)C)c(O)c(C(C)(C)C)c1. The fourth-order valence-corrected chi connectivity index (χ4v) is 5.54. The van der Waals surface area contributed by atoms with Gasteiger partial charge in [-0.25, -0.2) is 4.57 Å². The molecule has 0 saturated heterocycles. The van der Waals surface area contributed by atoms with Crippen molar-refractivity contribution < 1.29 is 23.2 Å². The smallest absolute Gasteiger partial charge is 0.507 e. The van der Waals surface area contributed by atoms with Gasteiger partial charge >= 0.3 is 7.82 Å². The molecule has 210 valence electrons. The molecule has 0 aliphatic heterocycles. The molecular formula is C30H55O5P. The number of unbranched alkanes of at least 4 members (excludes halogenated alkanes) is 2. The monoisotopic (exact) mass is 526 g/mol. The summed E-state index contributed by atoms with van der Waals surface area (Å²) in [7, 11) is -3.88. The first kappa shape index (κ1) is 33.0. The van der Waals surface area contributed by atoms with E-state index in [-0.39, 0.29) is 16.6 Å². The summed E-state index contributed by atoms with van der Waals surface area (Å²) in [6, 6.07) is 3.57. The van der Waals surface area contributed by atoms with E-state index in [1.165, 1.54) is 0 Å². The molecule has 1 aromatic rings. The Kier molecular flexibility index (Phi) is 13.6. The predicted molar refractivity (Wildman–Crippen MR) is 152 cm³/mol. The first-order valence-electron chi connectivity index (χ1n) is 14.2. The van der Waals surface area contributed by atoms with E-state index in [1.54, 1.807) is 12.1 Å². The third-order valence-corrected chi connectivity index (χ3v) is 8.30. The maximum atomic E-state index is 14.0. The van der Waals surface area contributed by atoms with Gasteiger partial charge in [-0.3, -0.25) is 9.05 Å². The van der Waals surface area contributed by atoms with Gasteiger partial charge in [0.15, 0.2) is 0 Å². The van der Waals surface area contributed by atoms with Crippen LogP contribution in [0, 0.1) is 11.8 Å². The maximum Gasteiger partial charge on any atom is 0.530 e. The average molecular weight is 527 g/mol. The van der Waals surface area contributed by atoms with Crippen molar-refractivity contribution in [1.29, 1.82) is 0 Å². The number of rotatable bonds is 16. The lowest BCUT2D eigenvalue weighted by Crippen LogP contribution is -2.18. The van der Waals surface area contributed by atoms with Crippen LogP contribution in [-0.4, -0.2) is 18.3 Å². The number of hydrogen-bond donors (Lipinski definition) is 1. The normalized spacial score (nSPS) is 15.9. The van der Waals surface area contributed by atoms with E-state index in [9.17, 15) is 9.67 Å². The minimum absolute atomic E-state index is 0.259. The van der Waals surface area contributed by atoms with Crippen LogP contribution in [0.4, 0.5) is 0 Å². The quantitative estimate of drug-likeness (QED) is 0.217. The minimum atomic E-state index is -3.88. The van der Waals surface area contributed by atoms with Crippen LogP contribution >= 0.6 is 7.82 Å². The highest BCUT2D eigenvalue weighted by atomic mass is 31.2. The van der Waals surface area contributed by atoms with E-state index in [2.05, 4.69) is 27.7 Å². The number of phenols is 1. The number of phosphoric acid groups is 1. The van der Waals surface area contributed by atoms with Crippen LogP contribution in [-0.2, 0) is 24.4 Å². The fraction of sp³-hybridized carbons (Fsp3) is 0.800. The third kappa shape index (κ3) is 10.8. The van der Waals surface area contributed by atoms with Crippen LogP contribution < -0.4 is 4.52 Å². The van der Waals surface area contributed by atoms with Gasteiger partial charge in [-0.05, 0) is 47.6 Å². The summed E-state index contributed by atoms with van der Waals surface area (Å²) in [4.78, 5) is 0. The molecule has 0 amide bonds. The predicted octanol–water partition coefficient (Wildman–Crippen LogP) is 9.94. The van der Waals surface area contributed by atoms with Gasteiger partial charge < -0.3 is 9.63 Å². The lowest BCUT2D eigenvalue weighted by Gasteiger charge is -2.29. The van der Waals surface area contributed by atoms with Crippen molar-refractivity contribution in [3.63, 3.8) is 0 Å². The lowest BCUT2D eigenvalue weighted by atomic mass is 9.79. The summed E-state index contributed by atoms with van der Waals surface area (Å²) >= 11 is 0. The molecule has 2 unspecified atom stereocenters. The number of phosphoric ester groups is 1. The van der Waals surface area contributed by atoms with Gasteiger partial charge in [0, 0.05) is 11.1 Å². The molecule has 0 aliphatic rings. The van der Waals surface area contributed by atoms with Crippen LogP contribution in [0.2, 0.25) is 0 Å². The number of aromatic hydroxyl groups is 1. The van der Waals surface area contributed by atoms with Gasteiger partial charge in [0.05, 0.1) is 13.2 Å². The lowest BCUT2D eigenvalue weighted by molar-refractivity contribution is 0.115. The van der Waals surface area contributed by atoms with Gasteiger partial charge in [0.25, 0.3) is 0 Å². The largest absolute Gasteiger partial charge is 0.530 e. The maximum absolute atomic E-state index is 14.0. The van der Waals surface area contributed by atoms with Crippen molar-refractivity contribution >= 4 is 7.82 Å². The Balaban J connectivity index is 3.34. The number of phenolic OH excluding ortho intramolecular Hbond substituents is 1. The first-order valence-corrected chi connectivity index (χ1v) is 15.6. The van der Waals surface area contributed by atoms with Crippen molar-refractivity contribution in [2.45, 2.75) is 131 Å². The summed E-state index contributed by atoms with van der Waals surface area (Å²) in [6.07, 6.45) is 8.44. The molecule has 0 aliphatic carbocycles.